The van der Waals surface area contributed by atoms with Crippen LogP contribution < -0.4 is 5.32 Å². The number of benzene rings is 1. The van der Waals surface area contributed by atoms with Gasteiger partial charge in [0.05, 0.1) is 0 Å². The van der Waals surface area contributed by atoms with Crippen LogP contribution in [0.3, 0.4) is 0 Å². The van der Waals surface area contributed by atoms with Crippen LogP contribution in [0.15, 0.2) is 30.5 Å². The van der Waals surface area contributed by atoms with Crippen molar-refractivity contribution in [1.82, 2.24) is 10.3 Å². The number of thioether (sulfide) groups is 1. The number of hydrogen-bond acceptors (Lipinski definition) is 2. The summed E-state index contributed by atoms with van der Waals surface area (Å²) in [6.45, 7) is 0. The summed E-state index contributed by atoms with van der Waals surface area (Å²) in [5.74, 6) is 1.08. The lowest BCUT2D eigenvalue weighted by atomic mass is 10.1. The number of aromatic amines is 1. The molecule has 0 unspecified atom stereocenters. The zero-order valence-electron chi connectivity index (χ0n) is 8.69. The van der Waals surface area contributed by atoms with Crippen LogP contribution in [0.4, 0.5) is 0 Å². The van der Waals surface area contributed by atoms with E-state index in [2.05, 4.69) is 40.8 Å². The molecule has 1 aliphatic rings. The third-order valence-corrected chi connectivity index (χ3v) is 4.30. The maximum atomic E-state index is 5.13. The van der Waals surface area contributed by atoms with Crippen molar-refractivity contribution in [3.63, 3.8) is 0 Å². The van der Waals surface area contributed by atoms with Gasteiger partial charge in [-0.25, -0.2) is 0 Å². The molecule has 0 bridgehead atoms. The summed E-state index contributed by atoms with van der Waals surface area (Å²) in [7, 11) is 0. The fourth-order valence-electron chi connectivity index (χ4n) is 2.10. The number of thiocarbonyl (C=S) groups is 1. The molecule has 2 nitrogen and oxygen atoms in total. The van der Waals surface area contributed by atoms with Crippen LogP contribution in [-0.2, 0) is 6.42 Å². The molecule has 0 amide bonds. The average molecular weight is 248 g/mol. The largest absolute Gasteiger partial charge is 0.367 e. The molecular weight excluding hydrogens is 236 g/mol. The highest BCUT2D eigenvalue weighted by atomic mass is 32.2. The summed E-state index contributed by atoms with van der Waals surface area (Å²) in [5.41, 5.74) is 2.59. The second kappa shape index (κ2) is 4.11. The average Bonchev–Trinajstić information content (AvgIpc) is 2.87. The number of fused-ring (bicyclic) bond motifs is 1. The smallest absolute Gasteiger partial charge is 0.134 e. The number of nitrogens with one attached hydrogen (secondary N) is 2. The standard InChI is InChI=1S/C12H12N2S2/c15-12-14-9(7-16-12)5-8-6-13-11-4-2-1-3-10(8)11/h1-4,6,9,13H,5,7H2,(H,14,15)/t9-/m0/s1. The first-order chi connectivity index (χ1) is 7.83. The molecular formula is C12H12N2S2. The van der Waals surface area contributed by atoms with E-state index in [4.69, 9.17) is 12.2 Å². The van der Waals surface area contributed by atoms with Crippen molar-refractivity contribution in [2.45, 2.75) is 12.5 Å². The molecule has 3 rings (SSSR count). The number of rotatable bonds is 2. The molecule has 16 heavy (non-hydrogen) atoms. The summed E-state index contributed by atoms with van der Waals surface area (Å²) in [4.78, 5) is 3.31. The van der Waals surface area contributed by atoms with E-state index in [0.717, 1.165) is 16.5 Å². The minimum absolute atomic E-state index is 0.483. The molecule has 2 aromatic rings. The third kappa shape index (κ3) is 1.83. The van der Waals surface area contributed by atoms with Gasteiger partial charge in [0.15, 0.2) is 0 Å². The first-order valence-corrected chi connectivity index (χ1v) is 6.70. The fraction of sp³-hybridized carbons (Fsp3) is 0.250. The number of H-pyrrole nitrogens is 1. The number of para-hydroxylation sites is 1. The van der Waals surface area contributed by atoms with Crippen molar-refractivity contribution in [1.29, 1.82) is 0 Å². The molecule has 1 atom stereocenters. The summed E-state index contributed by atoms with van der Waals surface area (Å²) in [5, 5.41) is 4.66. The van der Waals surface area contributed by atoms with Gasteiger partial charge < -0.3 is 10.3 Å². The molecule has 2 heterocycles. The van der Waals surface area contributed by atoms with Crippen molar-refractivity contribution in [3.8, 4) is 0 Å². The molecule has 1 aromatic carbocycles. The van der Waals surface area contributed by atoms with Crippen LogP contribution in [0.25, 0.3) is 10.9 Å². The minimum Gasteiger partial charge on any atom is -0.367 e. The van der Waals surface area contributed by atoms with E-state index in [-0.39, 0.29) is 0 Å². The number of hydrogen-bond donors (Lipinski definition) is 2. The van der Waals surface area contributed by atoms with E-state index >= 15 is 0 Å². The molecule has 0 saturated carbocycles. The highest BCUT2D eigenvalue weighted by molar-refractivity contribution is 8.23. The zero-order chi connectivity index (χ0) is 11.0. The monoisotopic (exact) mass is 248 g/mol. The molecule has 1 aliphatic heterocycles. The Balaban J connectivity index is 1.86. The Morgan fingerprint density at radius 3 is 3.06 bits per heavy atom. The second-order valence-corrected chi connectivity index (χ2v) is 5.70. The summed E-state index contributed by atoms with van der Waals surface area (Å²) < 4.78 is 0.935. The Morgan fingerprint density at radius 2 is 2.25 bits per heavy atom. The van der Waals surface area contributed by atoms with Crippen LogP contribution in [0.5, 0.6) is 0 Å². The fourth-order valence-corrected chi connectivity index (χ4v) is 3.28. The van der Waals surface area contributed by atoms with Crippen molar-refractivity contribution < 1.29 is 0 Å². The molecule has 82 valence electrons. The maximum Gasteiger partial charge on any atom is 0.134 e. The van der Waals surface area contributed by atoms with Crippen molar-refractivity contribution in [3.05, 3.63) is 36.0 Å². The van der Waals surface area contributed by atoms with E-state index in [1.807, 2.05) is 0 Å². The molecule has 1 fully saturated rings. The predicted molar refractivity (Wildman–Crippen MR) is 74.0 cm³/mol. The lowest BCUT2D eigenvalue weighted by Crippen LogP contribution is -2.27. The normalized spacial score (nSPS) is 20.2. The van der Waals surface area contributed by atoms with E-state index in [0.29, 0.717) is 6.04 Å². The Labute approximate surface area is 104 Å². The highest BCUT2D eigenvalue weighted by Gasteiger charge is 2.19. The molecule has 0 radical (unpaired) electrons. The van der Waals surface area contributed by atoms with Gasteiger partial charge in [-0.1, -0.05) is 42.2 Å². The van der Waals surface area contributed by atoms with Gasteiger partial charge in [-0.15, -0.1) is 0 Å². The molecule has 2 N–H and O–H groups in total. The van der Waals surface area contributed by atoms with Crippen molar-refractivity contribution in [2.24, 2.45) is 0 Å². The Kier molecular flexibility index (Phi) is 2.61. The first-order valence-electron chi connectivity index (χ1n) is 5.31. The minimum atomic E-state index is 0.483. The zero-order valence-corrected chi connectivity index (χ0v) is 10.3. The topological polar surface area (TPSA) is 27.8 Å². The Hall–Kier alpha value is -1.00. The van der Waals surface area contributed by atoms with Gasteiger partial charge >= 0.3 is 0 Å². The first kappa shape index (κ1) is 10.2. The Morgan fingerprint density at radius 1 is 1.38 bits per heavy atom. The predicted octanol–water partition coefficient (Wildman–Crippen LogP) is 2.70. The second-order valence-electron chi connectivity index (χ2n) is 4.00. The summed E-state index contributed by atoms with van der Waals surface area (Å²) in [6, 6.07) is 8.90. The van der Waals surface area contributed by atoms with Crippen molar-refractivity contribution >= 4 is 39.2 Å². The van der Waals surface area contributed by atoms with Gasteiger partial charge in [0.1, 0.15) is 4.32 Å². The quantitative estimate of drug-likeness (QED) is 0.800. The van der Waals surface area contributed by atoms with Gasteiger partial charge in [0.25, 0.3) is 0 Å². The van der Waals surface area contributed by atoms with E-state index < -0.39 is 0 Å². The van der Waals surface area contributed by atoms with Crippen LogP contribution >= 0.6 is 24.0 Å². The van der Waals surface area contributed by atoms with Gasteiger partial charge in [0.2, 0.25) is 0 Å². The highest BCUT2D eigenvalue weighted by Crippen LogP contribution is 2.22. The van der Waals surface area contributed by atoms with Gasteiger partial charge in [-0.05, 0) is 18.1 Å². The molecule has 1 aromatic heterocycles. The third-order valence-electron chi connectivity index (χ3n) is 2.88. The maximum absolute atomic E-state index is 5.13. The number of aromatic nitrogens is 1. The van der Waals surface area contributed by atoms with Gasteiger partial charge in [-0.3, -0.25) is 0 Å². The summed E-state index contributed by atoms with van der Waals surface area (Å²) in [6.07, 6.45) is 3.15. The van der Waals surface area contributed by atoms with Crippen LogP contribution in [0.1, 0.15) is 5.56 Å². The van der Waals surface area contributed by atoms with E-state index in [1.54, 1.807) is 11.8 Å². The lowest BCUT2D eigenvalue weighted by Gasteiger charge is -2.08. The van der Waals surface area contributed by atoms with Crippen LogP contribution in [0, 0.1) is 0 Å². The van der Waals surface area contributed by atoms with Crippen LogP contribution in [-0.4, -0.2) is 21.1 Å². The van der Waals surface area contributed by atoms with E-state index in [9.17, 15) is 0 Å². The van der Waals surface area contributed by atoms with E-state index in [1.165, 1.54) is 16.5 Å². The van der Waals surface area contributed by atoms with Crippen molar-refractivity contribution in [2.75, 3.05) is 5.75 Å². The molecule has 0 spiro atoms. The molecule has 0 aliphatic carbocycles. The SMILES string of the molecule is S=C1N[C@@H](Cc2c[nH]c3ccccc23)CS1. The molecule has 1 saturated heterocycles. The van der Waals surface area contributed by atoms with Gasteiger partial charge in [0, 0.05) is 28.9 Å². The lowest BCUT2D eigenvalue weighted by molar-refractivity contribution is 0.695. The summed E-state index contributed by atoms with van der Waals surface area (Å²) >= 11 is 6.87. The van der Waals surface area contributed by atoms with Crippen LogP contribution in [0.2, 0.25) is 0 Å². The molecule has 4 heteroatoms. The Bertz CT molecular complexity index is 533. The van der Waals surface area contributed by atoms with Gasteiger partial charge in [-0.2, -0.15) is 0 Å².